The summed E-state index contributed by atoms with van der Waals surface area (Å²) in [7, 11) is 1.76. The van der Waals surface area contributed by atoms with E-state index in [9.17, 15) is 0 Å². The van der Waals surface area contributed by atoms with E-state index in [2.05, 4.69) is 49.1 Å². The number of ether oxygens (including phenoxy) is 1. The van der Waals surface area contributed by atoms with Crippen molar-refractivity contribution < 1.29 is 4.74 Å². The zero-order valence-corrected chi connectivity index (χ0v) is 13.2. The molecule has 1 aromatic rings. The van der Waals surface area contributed by atoms with Crippen LogP contribution in [0.4, 0.5) is 0 Å². The summed E-state index contributed by atoms with van der Waals surface area (Å²) in [5.74, 6) is 0. The molecule has 0 aliphatic carbocycles. The standard InChI is InChI=1S/C17H30N2O/c1-4-16(5-2)19(11-12-20-3)17(14-18)13-15-9-7-6-8-10-15/h6-10,16-17H,4-5,11-14,18H2,1-3H3. The number of nitrogens with zero attached hydrogens (tertiary/aromatic N) is 1. The average Bonchev–Trinajstić information content (AvgIpc) is 2.50. The number of rotatable bonds is 10. The molecule has 1 aromatic carbocycles. The Balaban J connectivity index is 2.78. The number of hydrogen-bond acceptors (Lipinski definition) is 3. The summed E-state index contributed by atoms with van der Waals surface area (Å²) in [6, 6.07) is 11.6. The fourth-order valence-electron chi connectivity index (χ4n) is 2.84. The summed E-state index contributed by atoms with van der Waals surface area (Å²) in [6.45, 7) is 6.92. The second kappa shape index (κ2) is 9.92. The van der Waals surface area contributed by atoms with Crippen molar-refractivity contribution in [2.75, 3.05) is 26.8 Å². The highest BCUT2D eigenvalue weighted by molar-refractivity contribution is 5.16. The van der Waals surface area contributed by atoms with Crippen molar-refractivity contribution in [2.45, 2.75) is 45.2 Å². The van der Waals surface area contributed by atoms with Crippen molar-refractivity contribution >= 4 is 0 Å². The van der Waals surface area contributed by atoms with Crippen LogP contribution in [0.5, 0.6) is 0 Å². The van der Waals surface area contributed by atoms with Gasteiger partial charge in [0.15, 0.2) is 0 Å². The Labute approximate surface area is 124 Å². The molecule has 0 radical (unpaired) electrons. The van der Waals surface area contributed by atoms with E-state index in [1.165, 1.54) is 5.56 Å². The molecule has 0 spiro atoms. The molecule has 0 aromatic heterocycles. The molecular formula is C17H30N2O. The van der Waals surface area contributed by atoms with Gasteiger partial charge in [-0.05, 0) is 24.8 Å². The Morgan fingerprint density at radius 1 is 1.10 bits per heavy atom. The van der Waals surface area contributed by atoms with E-state index in [0.717, 1.165) is 32.4 Å². The molecule has 3 heteroatoms. The second-order valence-electron chi connectivity index (χ2n) is 5.28. The first-order chi connectivity index (χ1) is 9.76. The number of hydrogen-bond donors (Lipinski definition) is 1. The monoisotopic (exact) mass is 278 g/mol. The molecule has 0 bridgehead atoms. The van der Waals surface area contributed by atoms with Gasteiger partial charge in [0.25, 0.3) is 0 Å². The van der Waals surface area contributed by atoms with Crippen LogP contribution in [-0.4, -0.2) is 43.8 Å². The van der Waals surface area contributed by atoms with E-state index >= 15 is 0 Å². The maximum absolute atomic E-state index is 6.06. The average molecular weight is 278 g/mol. The van der Waals surface area contributed by atoms with Crippen LogP contribution in [-0.2, 0) is 11.2 Å². The molecule has 0 saturated carbocycles. The summed E-state index contributed by atoms with van der Waals surface area (Å²) in [5.41, 5.74) is 7.42. The molecule has 0 heterocycles. The molecule has 0 saturated heterocycles. The van der Waals surface area contributed by atoms with E-state index in [-0.39, 0.29) is 0 Å². The summed E-state index contributed by atoms with van der Waals surface area (Å²) < 4.78 is 5.27. The van der Waals surface area contributed by atoms with Gasteiger partial charge in [0, 0.05) is 32.3 Å². The largest absolute Gasteiger partial charge is 0.383 e. The van der Waals surface area contributed by atoms with Crippen LogP contribution in [0.1, 0.15) is 32.3 Å². The number of benzene rings is 1. The molecule has 0 amide bonds. The lowest BCUT2D eigenvalue weighted by Crippen LogP contribution is -2.49. The zero-order valence-electron chi connectivity index (χ0n) is 13.2. The van der Waals surface area contributed by atoms with Crippen molar-refractivity contribution in [3.8, 4) is 0 Å². The van der Waals surface area contributed by atoms with Crippen LogP contribution in [0.25, 0.3) is 0 Å². The minimum atomic E-state index is 0.387. The van der Waals surface area contributed by atoms with Crippen LogP contribution >= 0.6 is 0 Å². The summed E-state index contributed by atoms with van der Waals surface area (Å²) in [6.07, 6.45) is 3.33. The van der Waals surface area contributed by atoms with Gasteiger partial charge in [0.1, 0.15) is 0 Å². The maximum Gasteiger partial charge on any atom is 0.0589 e. The lowest BCUT2D eigenvalue weighted by Gasteiger charge is -2.37. The van der Waals surface area contributed by atoms with Crippen LogP contribution in [0.3, 0.4) is 0 Å². The molecule has 3 nitrogen and oxygen atoms in total. The third kappa shape index (κ3) is 5.23. The first kappa shape index (κ1) is 17.2. The minimum absolute atomic E-state index is 0.387. The summed E-state index contributed by atoms with van der Waals surface area (Å²) in [4.78, 5) is 2.54. The highest BCUT2D eigenvalue weighted by Gasteiger charge is 2.23. The van der Waals surface area contributed by atoms with Crippen LogP contribution in [0.2, 0.25) is 0 Å². The lowest BCUT2D eigenvalue weighted by molar-refractivity contribution is 0.0818. The molecule has 20 heavy (non-hydrogen) atoms. The van der Waals surface area contributed by atoms with Crippen LogP contribution in [0, 0.1) is 0 Å². The van der Waals surface area contributed by atoms with Gasteiger partial charge in [0.05, 0.1) is 6.61 Å². The summed E-state index contributed by atoms with van der Waals surface area (Å²) in [5, 5.41) is 0. The third-order valence-corrected chi connectivity index (χ3v) is 4.02. The van der Waals surface area contributed by atoms with Gasteiger partial charge in [-0.3, -0.25) is 4.90 Å². The number of methoxy groups -OCH3 is 1. The molecule has 1 rings (SSSR count). The van der Waals surface area contributed by atoms with E-state index < -0.39 is 0 Å². The topological polar surface area (TPSA) is 38.5 Å². The maximum atomic E-state index is 6.06. The van der Waals surface area contributed by atoms with Gasteiger partial charge in [0.2, 0.25) is 0 Å². The van der Waals surface area contributed by atoms with E-state index in [4.69, 9.17) is 10.5 Å². The first-order valence-corrected chi connectivity index (χ1v) is 7.75. The quantitative estimate of drug-likeness (QED) is 0.715. The minimum Gasteiger partial charge on any atom is -0.383 e. The van der Waals surface area contributed by atoms with Crippen molar-refractivity contribution in [1.29, 1.82) is 0 Å². The van der Waals surface area contributed by atoms with E-state index in [1.807, 2.05) is 0 Å². The molecule has 0 aliphatic rings. The molecule has 114 valence electrons. The molecule has 1 unspecified atom stereocenters. The van der Waals surface area contributed by atoms with Gasteiger partial charge < -0.3 is 10.5 Å². The Morgan fingerprint density at radius 2 is 1.75 bits per heavy atom. The Morgan fingerprint density at radius 3 is 2.25 bits per heavy atom. The predicted molar refractivity (Wildman–Crippen MR) is 85.9 cm³/mol. The predicted octanol–water partition coefficient (Wildman–Crippen LogP) is 2.69. The molecule has 2 N–H and O–H groups in total. The SMILES string of the molecule is CCC(CC)N(CCOC)C(CN)Cc1ccccc1. The second-order valence-corrected chi connectivity index (χ2v) is 5.28. The van der Waals surface area contributed by atoms with Crippen LogP contribution < -0.4 is 5.73 Å². The lowest BCUT2D eigenvalue weighted by atomic mass is 10.0. The summed E-state index contributed by atoms with van der Waals surface area (Å²) >= 11 is 0. The van der Waals surface area contributed by atoms with Crippen LogP contribution in [0.15, 0.2) is 30.3 Å². The molecule has 0 fully saturated rings. The zero-order chi connectivity index (χ0) is 14.8. The van der Waals surface area contributed by atoms with E-state index in [0.29, 0.717) is 18.6 Å². The van der Waals surface area contributed by atoms with Crippen molar-refractivity contribution in [2.24, 2.45) is 5.73 Å². The van der Waals surface area contributed by atoms with Gasteiger partial charge in [-0.2, -0.15) is 0 Å². The Bertz CT molecular complexity index is 338. The van der Waals surface area contributed by atoms with Gasteiger partial charge >= 0.3 is 0 Å². The number of nitrogens with two attached hydrogens (primary N) is 1. The normalized spacial score (nSPS) is 13.1. The van der Waals surface area contributed by atoms with Gasteiger partial charge in [-0.15, -0.1) is 0 Å². The third-order valence-electron chi connectivity index (χ3n) is 4.02. The van der Waals surface area contributed by atoms with Gasteiger partial charge in [-0.25, -0.2) is 0 Å². The fourth-order valence-corrected chi connectivity index (χ4v) is 2.84. The van der Waals surface area contributed by atoms with E-state index in [1.54, 1.807) is 7.11 Å². The molecule has 1 atom stereocenters. The molecular weight excluding hydrogens is 248 g/mol. The highest BCUT2D eigenvalue weighted by Crippen LogP contribution is 2.16. The van der Waals surface area contributed by atoms with Gasteiger partial charge in [-0.1, -0.05) is 44.2 Å². The van der Waals surface area contributed by atoms with Crippen molar-refractivity contribution in [3.05, 3.63) is 35.9 Å². The van der Waals surface area contributed by atoms with Crippen molar-refractivity contribution in [3.63, 3.8) is 0 Å². The highest BCUT2D eigenvalue weighted by atomic mass is 16.5. The fraction of sp³-hybridized carbons (Fsp3) is 0.647. The van der Waals surface area contributed by atoms with Crippen molar-refractivity contribution in [1.82, 2.24) is 4.90 Å². The smallest absolute Gasteiger partial charge is 0.0589 e. The Hall–Kier alpha value is -0.900. The first-order valence-electron chi connectivity index (χ1n) is 7.75. The Kier molecular flexibility index (Phi) is 8.51. The molecule has 0 aliphatic heterocycles.